The summed E-state index contributed by atoms with van der Waals surface area (Å²) in [6.45, 7) is -0.227. The molecule has 0 aliphatic rings. The molecule has 21 heavy (non-hydrogen) atoms. The monoisotopic (exact) mass is 352 g/mol. The van der Waals surface area contributed by atoms with Crippen LogP contribution in [0, 0.1) is 5.82 Å². The Morgan fingerprint density at radius 1 is 1.29 bits per heavy atom. The van der Waals surface area contributed by atoms with Crippen molar-refractivity contribution in [2.45, 2.75) is 0 Å². The number of amides is 1. The van der Waals surface area contributed by atoms with E-state index in [-0.39, 0.29) is 18.7 Å². The maximum atomic E-state index is 13.9. The van der Waals surface area contributed by atoms with E-state index in [1.54, 1.807) is 24.3 Å². The molecule has 2 aromatic carbocycles. The van der Waals surface area contributed by atoms with Crippen LogP contribution in [-0.4, -0.2) is 24.2 Å². The molecule has 0 aliphatic heterocycles. The van der Waals surface area contributed by atoms with E-state index >= 15 is 0 Å². The summed E-state index contributed by atoms with van der Waals surface area (Å²) in [5, 5.41) is 9.17. The van der Waals surface area contributed by atoms with Crippen LogP contribution in [0.15, 0.2) is 46.9 Å². The SMILES string of the molecule is Nc1ccccc1N(CCO)C(=O)c1cc(Br)ccc1F. The second-order valence-electron chi connectivity index (χ2n) is 4.36. The highest BCUT2D eigenvalue weighted by Gasteiger charge is 2.22. The highest BCUT2D eigenvalue weighted by Crippen LogP contribution is 2.25. The molecule has 0 saturated heterocycles. The van der Waals surface area contributed by atoms with Gasteiger partial charge in [-0.1, -0.05) is 28.1 Å². The fourth-order valence-corrected chi connectivity index (χ4v) is 2.33. The van der Waals surface area contributed by atoms with Gasteiger partial charge in [-0.25, -0.2) is 4.39 Å². The molecule has 0 bridgehead atoms. The number of hydrogen-bond donors (Lipinski definition) is 2. The first-order chi connectivity index (χ1) is 10.0. The first-order valence-electron chi connectivity index (χ1n) is 6.27. The van der Waals surface area contributed by atoms with Gasteiger partial charge in [0.05, 0.1) is 23.5 Å². The number of para-hydroxylation sites is 2. The van der Waals surface area contributed by atoms with E-state index < -0.39 is 11.7 Å². The van der Waals surface area contributed by atoms with E-state index in [1.807, 2.05) is 0 Å². The summed E-state index contributed by atoms with van der Waals surface area (Å²) in [4.78, 5) is 13.8. The van der Waals surface area contributed by atoms with Crippen LogP contribution in [0.3, 0.4) is 0 Å². The van der Waals surface area contributed by atoms with E-state index in [0.717, 1.165) is 0 Å². The summed E-state index contributed by atoms with van der Waals surface area (Å²) in [6, 6.07) is 10.9. The van der Waals surface area contributed by atoms with E-state index in [0.29, 0.717) is 15.8 Å². The second-order valence-corrected chi connectivity index (χ2v) is 5.28. The van der Waals surface area contributed by atoms with Gasteiger partial charge in [-0.2, -0.15) is 0 Å². The average Bonchev–Trinajstić information content (AvgIpc) is 2.47. The molecular weight excluding hydrogens is 339 g/mol. The van der Waals surface area contributed by atoms with Crippen LogP contribution in [0.5, 0.6) is 0 Å². The molecule has 4 nitrogen and oxygen atoms in total. The van der Waals surface area contributed by atoms with E-state index in [2.05, 4.69) is 15.9 Å². The van der Waals surface area contributed by atoms with E-state index in [9.17, 15) is 14.3 Å². The lowest BCUT2D eigenvalue weighted by Gasteiger charge is -2.23. The number of rotatable bonds is 4. The minimum atomic E-state index is -0.624. The number of benzene rings is 2. The molecule has 2 rings (SSSR count). The van der Waals surface area contributed by atoms with Crippen molar-refractivity contribution in [1.82, 2.24) is 0 Å². The van der Waals surface area contributed by atoms with Gasteiger partial charge in [0.15, 0.2) is 0 Å². The molecule has 0 atom stereocenters. The second kappa shape index (κ2) is 6.69. The van der Waals surface area contributed by atoms with Gasteiger partial charge in [-0.15, -0.1) is 0 Å². The molecule has 0 aliphatic carbocycles. The Labute approximate surface area is 130 Å². The molecule has 0 heterocycles. The maximum absolute atomic E-state index is 13.9. The lowest BCUT2D eigenvalue weighted by molar-refractivity contribution is 0.0977. The summed E-state index contributed by atoms with van der Waals surface area (Å²) in [6.07, 6.45) is 0. The van der Waals surface area contributed by atoms with Crippen molar-refractivity contribution in [3.8, 4) is 0 Å². The number of hydrogen-bond acceptors (Lipinski definition) is 3. The number of anilines is 2. The first kappa shape index (κ1) is 15.5. The molecule has 1 amide bonds. The van der Waals surface area contributed by atoms with Crippen LogP contribution in [0.4, 0.5) is 15.8 Å². The van der Waals surface area contributed by atoms with E-state index in [4.69, 9.17) is 5.73 Å². The summed E-state index contributed by atoms with van der Waals surface area (Å²) in [5.41, 5.74) is 6.60. The Balaban J connectivity index is 2.45. The number of halogens is 2. The van der Waals surface area contributed by atoms with Crippen LogP contribution in [0.25, 0.3) is 0 Å². The number of aliphatic hydroxyl groups excluding tert-OH is 1. The lowest BCUT2D eigenvalue weighted by atomic mass is 10.1. The molecule has 3 N–H and O–H groups in total. The molecule has 0 spiro atoms. The Hall–Kier alpha value is -1.92. The Morgan fingerprint density at radius 3 is 2.67 bits per heavy atom. The fraction of sp³-hybridized carbons (Fsp3) is 0.133. The Kier molecular flexibility index (Phi) is 4.93. The zero-order valence-corrected chi connectivity index (χ0v) is 12.7. The number of nitrogens with zero attached hydrogens (tertiary/aromatic N) is 1. The molecule has 0 aromatic heterocycles. The quantitative estimate of drug-likeness (QED) is 0.831. The van der Waals surface area contributed by atoms with Crippen LogP contribution >= 0.6 is 15.9 Å². The van der Waals surface area contributed by atoms with Crippen molar-refractivity contribution in [2.24, 2.45) is 0 Å². The minimum absolute atomic E-state index is 0.0268. The normalized spacial score (nSPS) is 10.4. The minimum Gasteiger partial charge on any atom is -0.397 e. The van der Waals surface area contributed by atoms with Crippen molar-refractivity contribution >= 4 is 33.2 Å². The number of aliphatic hydroxyl groups is 1. The van der Waals surface area contributed by atoms with E-state index in [1.165, 1.54) is 23.1 Å². The predicted molar refractivity (Wildman–Crippen MR) is 83.7 cm³/mol. The molecule has 2 aromatic rings. The molecule has 0 unspecified atom stereocenters. The summed E-state index contributed by atoms with van der Waals surface area (Å²) in [7, 11) is 0. The molecule has 0 saturated carbocycles. The van der Waals surface area contributed by atoms with Crippen molar-refractivity contribution in [2.75, 3.05) is 23.8 Å². The summed E-state index contributed by atoms with van der Waals surface area (Å²) >= 11 is 3.21. The van der Waals surface area contributed by atoms with Crippen molar-refractivity contribution in [1.29, 1.82) is 0 Å². The zero-order chi connectivity index (χ0) is 15.4. The smallest absolute Gasteiger partial charge is 0.261 e. The third-order valence-electron chi connectivity index (χ3n) is 2.96. The fourth-order valence-electron chi connectivity index (χ4n) is 1.97. The van der Waals surface area contributed by atoms with Gasteiger partial charge in [-0.05, 0) is 30.3 Å². The first-order valence-corrected chi connectivity index (χ1v) is 7.06. The molecule has 6 heteroatoms. The Morgan fingerprint density at radius 2 is 2.00 bits per heavy atom. The predicted octanol–water partition coefficient (Wildman–Crippen LogP) is 2.81. The molecule has 0 radical (unpaired) electrons. The van der Waals surface area contributed by atoms with Gasteiger partial charge >= 0.3 is 0 Å². The zero-order valence-electron chi connectivity index (χ0n) is 11.1. The van der Waals surface area contributed by atoms with Gasteiger partial charge < -0.3 is 15.7 Å². The van der Waals surface area contributed by atoms with Crippen LogP contribution in [-0.2, 0) is 0 Å². The average molecular weight is 353 g/mol. The Bertz CT molecular complexity index is 664. The number of nitrogen functional groups attached to an aromatic ring is 1. The third-order valence-corrected chi connectivity index (χ3v) is 3.45. The molecule has 0 fully saturated rings. The van der Waals surface area contributed by atoms with Crippen molar-refractivity contribution in [3.05, 3.63) is 58.3 Å². The van der Waals surface area contributed by atoms with Crippen molar-refractivity contribution in [3.63, 3.8) is 0 Å². The maximum Gasteiger partial charge on any atom is 0.261 e. The van der Waals surface area contributed by atoms with Gasteiger partial charge in [0, 0.05) is 11.0 Å². The van der Waals surface area contributed by atoms with Gasteiger partial charge in [0.2, 0.25) is 0 Å². The van der Waals surface area contributed by atoms with Gasteiger partial charge in [0.25, 0.3) is 5.91 Å². The van der Waals surface area contributed by atoms with Crippen LogP contribution in [0.2, 0.25) is 0 Å². The van der Waals surface area contributed by atoms with Crippen LogP contribution in [0.1, 0.15) is 10.4 Å². The molecule has 110 valence electrons. The highest BCUT2D eigenvalue weighted by molar-refractivity contribution is 9.10. The largest absolute Gasteiger partial charge is 0.397 e. The molecular formula is C15H14BrFN2O2. The lowest BCUT2D eigenvalue weighted by Crippen LogP contribution is -2.34. The number of nitrogens with two attached hydrogens (primary N) is 1. The number of carbonyl (C=O) groups excluding carboxylic acids is 1. The highest BCUT2D eigenvalue weighted by atomic mass is 79.9. The van der Waals surface area contributed by atoms with Gasteiger partial charge in [-0.3, -0.25) is 4.79 Å². The third kappa shape index (κ3) is 3.40. The van der Waals surface area contributed by atoms with Crippen molar-refractivity contribution < 1.29 is 14.3 Å². The number of carbonyl (C=O) groups is 1. The van der Waals surface area contributed by atoms with Crippen LogP contribution < -0.4 is 10.6 Å². The summed E-state index contributed by atoms with van der Waals surface area (Å²) in [5.74, 6) is -1.18. The van der Waals surface area contributed by atoms with Gasteiger partial charge in [0.1, 0.15) is 5.82 Å². The summed E-state index contributed by atoms with van der Waals surface area (Å²) < 4.78 is 14.5. The standard InChI is InChI=1S/C15H14BrFN2O2/c16-10-5-6-12(17)11(9-10)15(21)19(7-8-20)14-4-2-1-3-13(14)18/h1-6,9,20H,7-8,18H2. The topological polar surface area (TPSA) is 66.6 Å².